The summed E-state index contributed by atoms with van der Waals surface area (Å²) in [4.78, 5) is 58.0. The molecule has 0 radical (unpaired) electrons. The van der Waals surface area contributed by atoms with Crippen LogP contribution < -0.4 is 22.5 Å². The van der Waals surface area contributed by atoms with Crippen LogP contribution in [0.5, 0.6) is 0 Å². The molecular weight excluding hydrogens is 572 g/mol. The molecule has 0 aliphatic carbocycles. The second-order valence-electron chi connectivity index (χ2n) is 9.06. The molecule has 0 N–H and O–H groups in total. The van der Waals surface area contributed by atoms with Gasteiger partial charge >= 0.3 is 11.4 Å². The molecule has 4 heterocycles. The van der Waals surface area contributed by atoms with E-state index in [1.54, 1.807) is 49.7 Å². The van der Waals surface area contributed by atoms with E-state index in [2.05, 4.69) is 9.97 Å². The Balaban J connectivity index is 0.000000277. The predicted octanol–water partition coefficient (Wildman–Crippen LogP) is 4.50. The maximum atomic E-state index is 12.6. The normalized spacial score (nSPS) is 10.1. The molecule has 12 nitrogen and oxygen atoms in total. The quantitative estimate of drug-likeness (QED) is 0.287. The van der Waals surface area contributed by atoms with Crippen LogP contribution in [0.2, 0.25) is 0 Å². The van der Waals surface area contributed by atoms with Gasteiger partial charge in [-0.3, -0.25) is 18.7 Å². The molecule has 0 aliphatic heterocycles. The number of hydrogen-bond donors (Lipinski definition) is 0. The smallest absolute Gasteiger partial charge is 0.328 e. The fourth-order valence-electron chi connectivity index (χ4n) is 4.70. The van der Waals surface area contributed by atoms with E-state index in [-0.39, 0.29) is 29.9 Å². The Morgan fingerprint density at radius 2 is 1.04 bits per heavy atom. The van der Waals surface area contributed by atoms with Gasteiger partial charge in [0, 0.05) is 27.2 Å². The van der Waals surface area contributed by atoms with Gasteiger partial charge in [0.05, 0.1) is 24.0 Å². The van der Waals surface area contributed by atoms with Gasteiger partial charge in [-0.15, -0.1) is 0 Å². The largest absolute Gasteiger partial charge is 0.337 e. The Morgan fingerprint density at radius 1 is 0.600 bits per heavy atom. The lowest BCUT2D eigenvalue weighted by molar-refractivity contribution is 0.656. The molecule has 45 heavy (non-hydrogen) atoms. The molecule has 0 saturated heterocycles. The Morgan fingerprint density at radius 3 is 1.56 bits per heavy atom. The number of fused-ring (bicyclic) bond motifs is 2. The highest BCUT2D eigenvalue weighted by molar-refractivity contribution is 5.73. The van der Waals surface area contributed by atoms with Crippen molar-refractivity contribution in [2.75, 3.05) is 0 Å². The summed E-state index contributed by atoms with van der Waals surface area (Å²) in [6.45, 7) is 12.2. The summed E-state index contributed by atoms with van der Waals surface area (Å²) >= 11 is 0. The highest BCUT2D eigenvalue weighted by Gasteiger charge is 2.18. The van der Waals surface area contributed by atoms with E-state index in [4.69, 9.17) is 0 Å². The van der Waals surface area contributed by atoms with Gasteiger partial charge < -0.3 is 9.13 Å². The third-order valence-corrected chi connectivity index (χ3v) is 6.65. The molecule has 12 heteroatoms. The van der Waals surface area contributed by atoms with Gasteiger partial charge in [0.15, 0.2) is 22.3 Å². The fourth-order valence-corrected chi connectivity index (χ4v) is 4.70. The highest BCUT2D eigenvalue weighted by Crippen LogP contribution is 2.13. The van der Waals surface area contributed by atoms with Crippen molar-refractivity contribution in [2.24, 2.45) is 14.1 Å². The topological polar surface area (TPSA) is 124 Å². The first-order chi connectivity index (χ1) is 21.3. The monoisotopic (exact) mass is 616 g/mol. The van der Waals surface area contributed by atoms with Crippen LogP contribution in [-0.4, -0.2) is 37.4 Å². The molecule has 6 rings (SSSR count). The number of para-hydroxylation sites is 2. The van der Waals surface area contributed by atoms with Crippen molar-refractivity contribution in [1.82, 2.24) is 37.4 Å². The van der Waals surface area contributed by atoms with E-state index in [0.717, 1.165) is 0 Å². The van der Waals surface area contributed by atoms with Crippen LogP contribution in [0.15, 0.2) is 92.5 Å². The Hall–Kier alpha value is -5.26. The maximum absolute atomic E-state index is 12.6. The lowest BCUT2D eigenvalue weighted by Gasteiger charge is -2.11. The number of aryl methyl sites for hydroxylation is 2. The number of benzene rings is 2. The zero-order valence-electron chi connectivity index (χ0n) is 26.6. The SMILES string of the molecule is C.CC.CC.CCn1c(=O)c2c(ncn2C)n(-c2ccccc2)c1=O.CCn1c(=O)c2ncn(C)c2n(-c2ccccc2)c1=O. The number of aromatic nitrogens is 8. The van der Waals surface area contributed by atoms with Crippen LogP contribution in [-0.2, 0) is 27.2 Å². The van der Waals surface area contributed by atoms with Gasteiger partial charge in [-0.2, -0.15) is 0 Å². The molecule has 0 fully saturated rings. The predicted molar refractivity (Wildman–Crippen MR) is 182 cm³/mol. The molecule has 0 atom stereocenters. The minimum absolute atomic E-state index is 0. The standard InChI is InChI=1S/2C14H14N4O2.2C2H6.CH4/c1-3-17-13(19)11-12(15-9-16(11)2)18(14(17)20)10-7-5-4-6-8-10;1-3-17-13(19)11-12(16(2)9-15-11)18(14(17)20)10-7-5-4-6-8-10;2*1-2;/h2*4-9H,3H2,1-2H3;2*1-2H3;1H4. The van der Waals surface area contributed by atoms with Crippen LogP contribution in [0, 0.1) is 0 Å². The van der Waals surface area contributed by atoms with Gasteiger partial charge in [0.2, 0.25) is 0 Å². The molecule has 2 aromatic carbocycles. The Labute approximate surface area is 262 Å². The molecule has 0 saturated carbocycles. The summed E-state index contributed by atoms with van der Waals surface area (Å²) < 4.78 is 8.74. The maximum Gasteiger partial charge on any atom is 0.337 e. The summed E-state index contributed by atoms with van der Waals surface area (Å²) in [5.41, 5.74) is 1.67. The molecule has 0 aliphatic rings. The summed E-state index contributed by atoms with van der Waals surface area (Å²) in [6.07, 6.45) is 3.09. The fraction of sp³-hybridized carbons (Fsp3) is 0.333. The molecular formula is C33H44N8O4. The second kappa shape index (κ2) is 16.0. The van der Waals surface area contributed by atoms with E-state index >= 15 is 0 Å². The number of nitrogens with zero attached hydrogens (tertiary/aromatic N) is 8. The molecule has 0 amide bonds. The van der Waals surface area contributed by atoms with Crippen LogP contribution in [0.3, 0.4) is 0 Å². The van der Waals surface area contributed by atoms with Crippen molar-refractivity contribution in [2.45, 2.75) is 62.1 Å². The molecule has 6 aromatic rings. The van der Waals surface area contributed by atoms with Crippen LogP contribution in [0.4, 0.5) is 0 Å². The zero-order chi connectivity index (χ0) is 32.6. The highest BCUT2D eigenvalue weighted by atomic mass is 16.2. The van der Waals surface area contributed by atoms with Crippen LogP contribution >= 0.6 is 0 Å². The van der Waals surface area contributed by atoms with Crippen molar-refractivity contribution in [1.29, 1.82) is 0 Å². The van der Waals surface area contributed by atoms with E-state index < -0.39 is 0 Å². The molecule has 240 valence electrons. The molecule has 0 bridgehead atoms. The first kappa shape index (κ1) is 35.9. The van der Waals surface area contributed by atoms with Gasteiger partial charge in [0.1, 0.15) is 0 Å². The first-order valence-corrected chi connectivity index (χ1v) is 14.7. The minimum Gasteiger partial charge on any atom is -0.328 e. The van der Waals surface area contributed by atoms with Crippen molar-refractivity contribution >= 4 is 22.3 Å². The van der Waals surface area contributed by atoms with Gasteiger partial charge in [0.25, 0.3) is 11.1 Å². The van der Waals surface area contributed by atoms with E-state index in [9.17, 15) is 19.2 Å². The Kier molecular flexibility index (Phi) is 12.8. The van der Waals surface area contributed by atoms with Crippen molar-refractivity contribution in [3.05, 3.63) is 115 Å². The molecule has 4 aromatic heterocycles. The van der Waals surface area contributed by atoms with Gasteiger partial charge in [-0.05, 0) is 38.1 Å². The average Bonchev–Trinajstić information content (AvgIpc) is 3.64. The van der Waals surface area contributed by atoms with Gasteiger partial charge in [-0.1, -0.05) is 71.5 Å². The third-order valence-electron chi connectivity index (χ3n) is 6.65. The zero-order valence-corrected chi connectivity index (χ0v) is 26.6. The molecule has 0 unspecified atom stereocenters. The summed E-state index contributed by atoms with van der Waals surface area (Å²) in [6, 6.07) is 18.5. The number of imidazole rings is 2. The summed E-state index contributed by atoms with van der Waals surface area (Å²) in [5, 5.41) is 0. The first-order valence-electron chi connectivity index (χ1n) is 14.7. The van der Waals surface area contributed by atoms with E-state index in [1.807, 2.05) is 88.4 Å². The number of rotatable bonds is 4. The van der Waals surface area contributed by atoms with Crippen molar-refractivity contribution < 1.29 is 0 Å². The minimum atomic E-state index is -0.366. The summed E-state index contributed by atoms with van der Waals surface area (Å²) in [7, 11) is 3.51. The lowest BCUT2D eigenvalue weighted by atomic mass is 10.3. The average molecular weight is 617 g/mol. The van der Waals surface area contributed by atoms with Crippen LogP contribution in [0.1, 0.15) is 49.0 Å². The van der Waals surface area contributed by atoms with Crippen molar-refractivity contribution in [3.8, 4) is 11.4 Å². The van der Waals surface area contributed by atoms with E-state index in [1.165, 1.54) is 18.3 Å². The number of hydrogen-bond acceptors (Lipinski definition) is 6. The Bertz CT molecular complexity index is 2080. The summed E-state index contributed by atoms with van der Waals surface area (Å²) in [5.74, 6) is 0. The third kappa shape index (κ3) is 6.64. The second-order valence-corrected chi connectivity index (χ2v) is 9.06. The van der Waals surface area contributed by atoms with Crippen LogP contribution in [0.25, 0.3) is 33.7 Å². The van der Waals surface area contributed by atoms with Gasteiger partial charge in [-0.25, -0.2) is 28.7 Å². The van der Waals surface area contributed by atoms with E-state index in [0.29, 0.717) is 46.8 Å². The molecule has 0 spiro atoms. The lowest BCUT2D eigenvalue weighted by Crippen LogP contribution is -2.39. The van der Waals surface area contributed by atoms with Crippen molar-refractivity contribution in [3.63, 3.8) is 0 Å².